The van der Waals surface area contributed by atoms with Gasteiger partial charge in [0.15, 0.2) is 0 Å². The van der Waals surface area contributed by atoms with E-state index in [-0.39, 0.29) is 10.6 Å². The Balaban J connectivity index is 1.67. The van der Waals surface area contributed by atoms with E-state index < -0.39 is 22.5 Å². The number of carbonyl (C=O) groups is 1. The van der Waals surface area contributed by atoms with Gasteiger partial charge in [-0.05, 0) is 60.5 Å². The highest BCUT2D eigenvalue weighted by atomic mass is 32.2. The fraction of sp³-hybridized carbons (Fsp3) is 0.208. The molecule has 172 valence electrons. The van der Waals surface area contributed by atoms with Gasteiger partial charge in [0.1, 0.15) is 12.3 Å². The molecule has 0 spiro atoms. The van der Waals surface area contributed by atoms with Crippen LogP contribution in [0.4, 0.5) is 5.69 Å². The van der Waals surface area contributed by atoms with Gasteiger partial charge in [0.05, 0.1) is 29.6 Å². The molecule has 0 unspecified atom stereocenters. The quantitative estimate of drug-likeness (QED) is 0.264. The Morgan fingerprint density at radius 2 is 1.85 bits per heavy atom. The lowest BCUT2D eigenvalue weighted by atomic mass is 10.2. The van der Waals surface area contributed by atoms with E-state index in [4.69, 9.17) is 4.74 Å². The highest BCUT2D eigenvalue weighted by molar-refractivity contribution is 7.92. The summed E-state index contributed by atoms with van der Waals surface area (Å²) in [6.07, 6.45) is 6.46. The van der Waals surface area contributed by atoms with Crippen LogP contribution < -0.4 is 14.5 Å². The highest BCUT2D eigenvalue weighted by Gasteiger charge is 2.27. The summed E-state index contributed by atoms with van der Waals surface area (Å²) in [7, 11) is -3.97. The van der Waals surface area contributed by atoms with E-state index >= 15 is 0 Å². The van der Waals surface area contributed by atoms with E-state index in [9.17, 15) is 13.2 Å². The Bertz CT molecular complexity index is 1150. The summed E-state index contributed by atoms with van der Waals surface area (Å²) < 4.78 is 32.9. The number of hydrazone groups is 1. The third-order valence-corrected chi connectivity index (χ3v) is 6.39. The Labute approximate surface area is 194 Å². The van der Waals surface area contributed by atoms with Crippen LogP contribution in [-0.2, 0) is 14.8 Å². The molecule has 0 saturated heterocycles. The lowest BCUT2D eigenvalue weighted by Gasteiger charge is -2.23. The fourth-order valence-corrected chi connectivity index (χ4v) is 4.29. The molecule has 3 rings (SSSR count). The number of nitrogens with zero attached hydrogens (tertiary/aromatic N) is 3. The van der Waals surface area contributed by atoms with Gasteiger partial charge in [0.25, 0.3) is 15.9 Å². The zero-order valence-corrected chi connectivity index (χ0v) is 19.1. The number of ether oxygens (including phenoxy) is 1. The zero-order valence-electron chi connectivity index (χ0n) is 18.3. The number of hydrogen-bond acceptors (Lipinski definition) is 6. The minimum Gasteiger partial charge on any atom is -0.494 e. The molecule has 0 aliphatic carbocycles. The molecule has 0 atom stereocenters. The lowest BCUT2D eigenvalue weighted by molar-refractivity contribution is -0.119. The second-order valence-electron chi connectivity index (χ2n) is 7.10. The molecule has 0 bridgehead atoms. The van der Waals surface area contributed by atoms with Gasteiger partial charge in [-0.15, -0.1) is 0 Å². The first-order valence-corrected chi connectivity index (χ1v) is 12.0. The average molecular weight is 467 g/mol. The standard InChI is InChI=1S/C24H26N4O4S/c1-2-3-16-32-22-13-11-20(12-14-22)17-26-27-24(29)19-28(21-8-7-15-25-18-21)33(30,31)23-9-5-4-6-10-23/h4-15,17-18H,2-3,16,19H2,1H3,(H,27,29)/b26-17-. The largest absolute Gasteiger partial charge is 0.494 e. The van der Waals surface area contributed by atoms with Crippen LogP contribution in [0.25, 0.3) is 0 Å². The van der Waals surface area contributed by atoms with Gasteiger partial charge in [-0.1, -0.05) is 31.5 Å². The van der Waals surface area contributed by atoms with Gasteiger partial charge in [0, 0.05) is 6.20 Å². The molecule has 0 radical (unpaired) electrons. The molecule has 0 aliphatic rings. The first kappa shape index (κ1) is 23.9. The van der Waals surface area contributed by atoms with Crippen molar-refractivity contribution in [2.45, 2.75) is 24.7 Å². The number of hydrogen-bond donors (Lipinski definition) is 1. The fourth-order valence-electron chi connectivity index (χ4n) is 2.87. The molecule has 3 aromatic rings. The van der Waals surface area contributed by atoms with Crippen molar-refractivity contribution in [3.8, 4) is 5.75 Å². The van der Waals surface area contributed by atoms with Crippen LogP contribution in [0.3, 0.4) is 0 Å². The van der Waals surface area contributed by atoms with Crippen molar-refractivity contribution in [1.82, 2.24) is 10.4 Å². The SMILES string of the molecule is CCCCOc1ccc(/C=N\NC(=O)CN(c2cccnc2)S(=O)(=O)c2ccccc2)cc1. The van der Waals surface area contributed by atoms with Crippen LogP contribution in [-0.4, -0.2) is 38.7 Å². The first-order chi connectivity index (χ1) is 16.0. The molecule has 8 nitrogen and oxygen atoms in total. The number of nitrogens with one attached hydrogen (secondary N) is 1. The van der Waals surface area contributed by atoms with Crippen LogP contribution in [0.2, 0.25) is 0 Å². The van der Waals surface area contributed by atoms with E-state index in [1.54, 1.807) is 30.3 Å². The van der Waals surface area contributed by atoms with E-state index in [1.165, 1.54) is 30.7 Å². The van der Waals surface area contributed by atoms with E-state index in [2.05, 4.69) is 22.4 Å². The molecule has 0 saturated carbocycles. The Kier molecular flexibility index (Phi) is 8.54. The predicted molar refractivity (Wildman–Crippen MR) is 128 cm³/mol. The molecule has 0 fully saturated rings. The van der Waals surface area contributed by atoms with Crippen LogP contribution in [0.15, 0.2) is 89.1 Å². The monoisotopic (exact) mass is 466 g/mol. The Morgan fingerprint density at radius 3 is 2.52 bits per heavy atom. The number of anilines is 1. The van der Waals surface area contributed by atoms with E-state index in [0.717, 1.165) is 28.5 Å². The summed E-state index contributed by atoms with van der Waals surface area (Å²) in [5.41, 5.74) is 3.42. The molecular weight excluding hydrogens is 440 g/mol. The molecule has 9 heteroatoms. The number of amides is 1. The predicted octanol–water partition coefficient (Wildman–Crippen LogP) is 3.61. The number of carbonyl (C=O) groups excluding carboxylic acids is 1. The third-order valence-electron chi connectivity index (χ3n) is 4.60. The summed E-state index contributed by atoms with van der Waals surface area (Å²) in [5.74, 6) is 0.178. The number of sulfonamides is 1. The summed E-state index contributed by atoms with van der Waals surface area (Å²) >= 11 is 0. The van der Waals surface area contributed by atoms with Crippen molar-refractivity contribution in [3.63, 3.8) is 0 Å². The maximum atomic E-state index is 13.2. The molecule has 1 amide bonds. The maximum Gasteiger partial charge on any atom is 0.264 e. The second kappa shape index (κ2) is 11.8. The summed E-state index contributed by atoms with van der Waals surface area (Å²) in [6.45, 7) is 2.31. The van der Waals surface area contributed by atoms with Crippen molar-refractivity contribution >= 4 is 27.8 Å². The highest BCUT2D eigenvalue weighted by Crippen LogP contribution is 2.22. The molecule has 1 heterocycles. The van der Waals surface area contributed by atoms with Gasteiger partial charge in [-0.3, -0.25) is 14.1 Å². The van der Waals surface area contributed by atoms with Gasteiger partial charge < -0.3 is 4.74 Å². The molecule has 0 aliphatic heterocycles. The number of pyridine rings is 1. The molecule has 33 heavy (non-hydrogen) atoms. The Hall–Kier alpha value is -3.72. The van der Waals surface area contributed by atoms with Gasteiger partial charge in [-0.25, -0.2) is 13.8 Å². The number of rotatable bonds is 11. The van der Waals surface area contributed by atoms with Crippen molar-refractivity contribution in [2.75, 3.05) is 17.5 Å². The number of unbranched alkanes of at least 4 members (excludes halogenated alkanes) is 1. The first-order valence-electron chi connectivity index (χ1n) is 10.5. The van der Waals surface area contributed by atoms with E-state index in [0.29, 0.717) is 6.61 Å². The summed E-state index contributed by atoms with van der Waals surface area (Å²) in [4.78, 5) is 16.6. The smallest absolute Gasteiger partial charge is 0.264 e. The Morgan fingerprint density at radius 1 is 1.09 bits per heavy atom. The topological polar surface area (TPSA) is 101 Å². The second-order valence-corrected chi connectivity index (χ2v) is 8.96. The summed E-state index contributed by atoms with van der Waals surface area (Å²) in [5, 5.41) is 3.95. The average Bonchev–Trinajstić information content (AvgIpc) is 2.85. The van der Waals surface area contributed by atoms with Crippen LogP contribution >= 0.6 is 0 Å². The van der Waals surface area contributed by atoms with Crippen LogP contribution in [0.1, 0.15) is 25.3 Å². The third kappa shape index (κ3) is 6.88. The number of benzene rings is 2. The molecule has 2 aromatic carbocycles. The van der Waals surface area contributed by atoms with Crippen molar-refractivity contribution in [3.05, 3.63) is 84.7 Å². The normalized spacial score (nSPS) is 11.3. The number of aromatic nitrogens is 1. The molecular formula is C24H26N4O4S. The van der Waals surface area contributed by atoms with Crippen LogP contribution in [0.5, 0.6) is 5.75 Å². The van der Waals surface area contributed by atoms with Crippen molar-refractivity contribution in [1.29, 1.82) is 0 Å². The minimum absolute atomic E-state index is 0.0754. The van der Waals surface area contributed by atoms with E-state index in [1.807, 2.05) is 24.3 Å². The van der Waals surface area contributed by atoms with Crippen molar-refractivity contribution in [2.24, 2.45) is 5.10 Å². The summed E-state index contributed by atoms with van der Waals surface area (Å²) in [6, 6.07) is 18.4. The van der Waals surface area contributed by atoms with Gasteiger partial charge >= 0.3 is 0 Å². The van der Waals surface area contributed by atoms with Crippen LogP contribution in [0, 0.1) is 0 Å². The van der Waals surface area contributed by atoms with Gasteiger partial charge in [0.2, 0.25) is 0 Å². The molecule has 1 aromatic heterocycles. The molecule has 1 N–H and O–H groups in total. The van der Waals surface area contributed by atoms with Crippen molar-refractivity contribution < 1.29 is 17.9 Å². The van der Waals surface area contributed by atoms with Gasteiger partial charge in [-0.2, -0.15) is 5.10 Å². The minimum atomic E-state index is -3.97. The maximum absolute atomic E-state index is 13.2. The zero-order chi connectivity index (χ0) is 23.5. The lowest BCUT2D eigenvalue weighted by Crippen LogP contribution is -2.39.